The third kappa shape index (κ3) is 2.15. The third-order valence-electron chi connectivity index (χ3n) is 4.33. The fraction of sp³-hybridized carbons (Fsp3) is 0.533. The number of nitrogens with zero attached hydrogens (tertiary/aromatic N) is 1. The predicted octanol–water partition coefficient (Wildman–Crippen LogP) is 2.09. The average Bonchev–Trinajstić information content (AvgIpc) is 2.93. The van der Waals surface area contributed by atoms with Gasteiger partial charge in [-0.3, -0.25) is 9.69 Å². The van der Waals surface area contributed by atoms with E-state index in [0.29, 0.717) is 12.5 Å². The van der Waals surface area contributed by atoms with Crippen molar-refractivity contribution in [3.05, 3.63) is 35.4 Å². The number of fused-ring (bicyclic) bond motifs is 1. The van der Waals surface area contributed by atoms with Gasteiger partial charge >= 0.3 is 5.97 Å². The number of likely N-dealkylation sites (tertiary alicyclic amines) is 1. The predicted molar refractivity (Wildman–Crippen MR) is 69.6 cm³/mol. The van der Waals surface area contributed by atoms with E-state index in [4.69, 9.17) is 5.11 Å². The zero-order valence-electron chi connectivity index (χ0n) is 10.5. The smallest absolute Gasteiger partial charge is 0.304 e. The van der Waals surface area contributed by atoms with E-state index in [1.165, 1.54) is 11.1 Å². The fourth-order valence-electron chi connectivity index (χ4n) is 3.53. The van der Waals surface area contributed by atoms with Gasteiger partial charge in [0.25, 0.3) is 0 Å². The summed E-state index contributed by atoms with van der Waals surface area (Å²) < 4.78 is 0. The monoisotopic (exact) mass is 245 g/mol. The summed E-state index contributed by atoms with van der Waals surface area (Å²) in [5, 5.41) is 8.98. The SMILES string of the molecule is O=C(O)CC1CCCN1C1Cc2ccccc2C1. The first-order valence-corrected chi connectivity index (χ1v) is 6.78. The summed E-state index contributed by atoms with van der Waals surface area (Å²) in [5.74, 6) is -0.664. The van der Waals surface area contributed by atoms with Gasteiger partial charge in [0.15, 0.2) is 0 Å². The van der Waals surface area contributed by atoms with Crippen LogP contribution in [0.3, 0.4) is 0 Å². The average molecular weight is 245 g/mol. The minimum Gasteiger partial charge on any atom is -0.481 e. The molecule has 3 nitrogen and oxygen atoms in total. The Kier molecular flexibility index (Phi) is 3.08. The van der Waals surface area contributed by atoms with Crippen LogP contribution in [-0.4, -0.2) is 34.6 Å². The van der Waals surface area contributed by atoms with Crippen LogP contribution in [0.2, 0.25) is 0 Å². The van der Waals surface area contributed by atoms with E-state index in [-0.39, 0.29) is 6.04 Å². The second-order valence-corrected chi connectivity index (χ2v) is 5.46. The second-order valence-electron chi connectivity index (χ2n) is 5.46. The van der Waals surface area contributed by atoms with Gasteiger partial charge in [0.2, 0.25) is 0 Å². The van der Waals surface area contributed by atoms with Gasteiger partial charge in [-0.2, -0.15) is 0 Å². The second kappa shape index (κ2) is 4.73. The van der Waals surface area contributed by atoms with Crippen LogP contribution in [0.25, 0.3) is 0 Å². The van der Waals surface area contributed by atoms with E-state index in [2.05, 4.69) is 29.2 Å². The lowest BCUT2D eigenvalue weighted by Crippen LogP contribution is -2.40. The molecule has 3 heteroatoms. The van der Waals surface area contributed by atoms with E-state index in [9.17, 15) is 4.79 Å². The molecule has 1 aromatic carbocycles. The van der Waals surface area contributed by atoms with Gasteiger partial charge in [-0.15, -0.1) is 0 Å². The number of benzene rings is 1. The maximum atomic E-state index is 10.9. The van der Waals surface area contributed by atoms with Crippen molar-refractivity contribution >= 4 is 5.97 Å². The minimum absolute atomic E-state index is 0.252. The molecule has 1 fully saturated rings. The number of hydrogen-bond donors (Lipinski definition) is 1. The lowest BCUT2D eigenvalue weighted by Gasteiger charge is -2.29. The molecule has 1 unspecified atom stereocenters. The van der Waals surface area contributed by atoms with Gasteiger partial charge in [-0.05, 0) is 43.4 Å². The first-order valence-electron chi connectivity index (χ1n) is 6.78. The Hall–Kier alpha value is -1.35. The molecule has 96 valence electrons. The molecule has 0 bridgehead atoms. The Morgan fingerprint density at radius 2 is 1.94 bits per heavy atom. The first kappa shape index (κ1) is 11.7. The van der Waals surface area contributed by atoms with Crippen LogP contribution in [-0.2, 0) is 17.6 Å². The van der Waals surface area contributed by atoms with E-state index >= 15 is 0 Å². The van der Waals surface area contributed by atoms with Gasteiger partial charge < -0.3 is 5.11 Å². The molecule has 18 heavy (non-hydrogen) atoms. The zero-order valence-corrected chi connectivity index (χ0v) is 10.5. The normalized spacial score (nSPS) is 24.3. The Morgan fingerprint density at radius 1 is 1.28 bits per heavy atom. The molecule has 1 heterocycles. The third-order valence-corrected chi connectivity index (χ3v) is 4.33. The summed E-state index contributed by atoms with van der Waals surface area (Å²) in [6.45, 7) is 1.07. The van der Waals surface area contributed by atoms with Crippen molar-refractivity contribution in [2.24, 2.45) is 0 Å². The Morgan fingerprint density at radius 3 is 2.56 bits per heavy atom. The molecule has 1 aliphatic carbocycles. The molecular formula is C15H19NO2. The van der Waals surface area contributed by atoms with E-state index in [0.717, 1.165) is 32.2 Å². The van der Waals surface area contributed by atoms with Crippen LogP contribution in [0.1, 0.15) is 30.4 Å². The zero-order chi connectivity index (χ0) is 12.5. The number of rotatable bonds is 3. The number of carbonyl (C=O) groups is 1. The highest BCUT2D eigenvalue weighted by Gasteiger charge is 2.34. The van der Waals surface area contributed by atoms with E-state index in [1.807, 2.05) is 0 Å². The highest BCUT2D eigenvalue weighted by Crippen LogP contribution is 2.31. The Balaban J connectivity index is 1.71. The molecule has 0 aromatic heterocycles. The summed E-state index contributed by atoms with van der Waals surface area (Å²) in [4.78, 5) is 13.3. The molecule has 0 saturated carbocycles. The van der Waals surface area contributed by atoms with Crippen LogP contribution < -0.4 is 0 Å². The Labute approximate surface area is 107 Å². The molecule has 1 N–H and O–H groups in total. The summed E-state index contributed by atoms with van der Waals surface area (Å²) >= 11 is 0. The highest BCUT2D eigenvalue weighted by molar-refractivity contribution is 5.67. The maximum Gasteiger partial charge on any atom is 0.304 e. The molecule has 0 amide bonds. The summed E-state index contributed by atoms with van der Waals surface area (Å²) in [5.41, 5.74) is 2.90. The quantitative estimate of drug-likeness (QED) is 0.886. The standard InChI is InChI=1S/C15H19NO2/c17-15(18)10-13-6-3-7-16(13)14-8-11-4-1-2-5-12(11)9-14/h1-2,4-5,13-14H,3,6-10H2,(H,17,18). The lowest BCUT2D eigenvalue weighted by atomic mass is 10.1. The molecule has 1 atom stereocenters. The molecule has 3 rings (SSSR count). The van der Waals surface area contributed by atoms with Gasteiger partial charge in [-0.1, -0.05) is 24.3 Å². The van der Waals surface area contributed by atoms with Crippen LogP contribution in [0, 0.1) is 0 Å². The van der Waals surface area contributed by atoms with Crippen molar-refractivity contribution in [2.45, 2.75) is 44.2 Å². The topological polar surface area (TPSA) is 40.5 Å². The van der Waals surface area contributed by atoms with Gasteiger partial charge in [-0.25, -0.2) is 0 Å². The first-order chi connectivity index (χ1) is 8.74. The summed E-state index contributed by atoms with van der Waals surface area (Å²) in [7, 11) is 0. The minimum atomic E-state index is -0.664. The molecule has 1 saturated heterocycles. The van der Waals surface area contributed by atoms with Crippen molar-refractivity contribution in [2.75, 3.05) is 6.54 Å². The van der Waals surface area contributed by atoms with Crippen LogP contribution >= 0.6 is 0 Å². The number of carboxylic acids is 1. The lowest BCUT2D eigenvalue weighted by molar-refractivity contribution is -0.138. The van der Waals surface area contributed by atoms with Crippen LogP contribution in [0.5, 0.6) is 0 Å². The number of carboxylic acid groups (broad SMARTS) is 1. The van der Waals surface area contributed by atoms with Crippen molar-refractivity contribution in [3.8, 4) is 0 Å². The van der Waals surface area contributed by atoms with Crippen molar-refractivity contribution < 1.29 is 9.90 Å². The van der Waals surface area contributed by atoms with Crippen LogP contribution in [0.4, 0.5) is 0 Å². The molecule has 0 radical (unpaired) electrons. The molecule has 0 spiro atoms. The largest absolute Gasteiger partial charge is 0.481 e. The fourth-order valence-corrected chi connectivity index (χ4v) is 3.53. The molecule has 1 aromatic rings. The number of aliphatic carboxylic acids is 1. The molecule has 1 aliphatic heterocycles. The van der Waals surface area contributed by atoms with Gasteiger partial charge in [0.05, 0.1) is 6.42 Å². The summed E-state index contributed by atoms with van der Waals surface area (Å²) in [6.07, 6.45) is 4.66. The highest BCUT2D eigenvalue weighted by atomic mass is 16.4. The molecule has 2 aliphatic rings. The van der Waals surface area contributed by atoms with E-state index in [1.54, 1.807) is 0 Å². The number of hydrogen-bond acceptors (Lipinski definition) is 2. The van der Waals surface area contributed by atoms with Gasteiger partial charge in [0, 0.05) is 12.1 Å². The van der Waals surface area contributed by atoms with Crippen LogP contribution in [0.15, 0.2) is 24.3 Å². The van der Waals surface area contributed by atoms with Gasteiger partial charge in [0.1, 0.15) is 0 Å². The van der Waals surface area contributed by atoms with Crippen molar-refractivity contribution in [1.29, 1.82) is 0 Å². The van der Waals surface area contributed by atoms with E-state index < -0.39 is 5.97 Å². The van der Waals surface area contributed by atoms with Crippen molar-refractivity contribution in [1.82, 2.24) is 4.90 Å². The Bertz CT molecular complexity index is 433. The summed E-state index contributed by atoms with van der Waals surface area (Å²) in [6, 6.07) is 9.38. The maximum absolute atomic E-state index is 10.9. The molecular weight excluding hydrogens is 226 g/mol. The van der Waals surface area contributed by atoms with Crippen molar-refractivity contribution in [3.63, 3.8) is 0 Å².